The van der Waals surface area contributed by atoms with E-state index >= 15 is 0 Å². The first-order valence-electron chi connectivity index (χ1n) is 10.0. The van der Waals surface area contributed by atoms with Crippen LogP contribution in [-0.4, -0.2) is 77.9 Å². The number of aryl methyl sites for hydroxylation is 1. The van der Waals surface area contributed by atoms with E-state index in [-0.39, 0.29) is 0 Å². The van der Waals surface area contributed by atoms with Gasteiger partial charge in [-0.15, -0.1) is 9.36 Å². The van der Waals surface area contributed by atoms with Gasteiger partial charge in [0.2, 0.25) is 0 Å². The minimum atomic E-state index is -6.72. The molecule has 0 aliphatic carbocycles. The lowest BCUT2D eigenvalue weighted by Gasteiger charge is -2.22. The number of ether oxygens (including phenoxy) is 3. The molecule has 0 bridgehead atoms. The van der Waals surface area contributed by atoms with Gasteiger partial charge in [-0.05, 0) is 0 Å². The van der Waals surface area contributed by atoms with Gasteiger partial charge >= 0.3 is 11.0 Å². The van der Waals surface area contributed by atoms with Crippen LogP contribution in [0.25, 0.3) is 15.4 Å². The number of halogens is 6. The molecule has 0 spiro atoms. The molecule has 1 heterocycles. The molecule has 0 fully saturated rings. The number of nitrogens with zero attached hydrogens (tertiary/aromatic N) is 4. The minimum absolute atomic E-state index is 0.586. The van der Waals surface area contributed by atoms with Gasteiger partial charge in [-0.1, -0.05) is 30.3 Å². The number of aromatic nitrogens is 3. The smallest absolute Gasteiger partial charge is 0.421 e. The second-order valence-electron chi connectivity index (χ2n) is 6.79. The van der Waals surface area contributed by atoms with Crippen LogP contribution in [-0.2, 0) is 47.8 Å². The van der Waals surface area contributed by atoms with Crippen molar-refractivity contribution in [3.05, 3.63) is 40.7 Å². The fourth-order valence-corrected chi connectivity index (χ4v) is 4.00. The van der Waals surface area contributed by atoms with E-state index in [0.29, 0.717) is 33.0 Å². The molecule has 2 rings (SSSR count). The molecule has 0 N–H and O–H groups in total. The first-order chi connectivity index (χ1) is 17.0. The van der Waals surface area contributed by atoms with Gasteiger partial charge in [-0.3, -0.25) is 0 Å². The summed E-state index contributed by atoms with van der Waals surface area (Å²) in [7, 11) is -9.83. The van der Waals surface area contributed by atoms with Crippen LogP contribution in [0.5, 0.6) is 0 Å². The van der Waals surface area contributed by atoms with Crippen LogP contribution in [0.1, 0.15) is 0 Å². The van der Waals surface area contributed by atoms with E-state index in [1.807, 2.05) is 40.8 Å². The van der Waals surface area contributed by atoms with Crippen molar-refractivity contribution in [1.82, 2.24) is 9.90 Å². The molecule has 0 aliphatic rings. The maximum atomic E-state index is 11.4. The molecule has 0 aliphatic heterocycles. The molecule has 19 heteroatoms. The molecular formula is C18H24F6N4O7S2. The number of hydrogen-bond acceptors (Lipinski definition) is 8. The summed E-state index contributed by atoms with van der Waals surface area (Å²) < 4.78 is 129. The largest absolute Gasteiger partial charge is 0.480 e. The summed E-state index contributed by atoms with van der Waals surface area (Å²) in [5.41, 5.74) is -10.2. The van der Waals surface area contributed by atoms with Gasteiger partial charge in [0.1, 0.15) is 13.6 Å². The van der Waals surface area contributed by atoms with Crippen molar-refractivity contribution in [3.63, 3.8) is 0 Å². The molecule has 1 aromatic carbocycles. The Bertz CT molecular complexity index is 1130. The third-order valence-electron chi connectivity index (χ3n) is 3.99. The average Bonchev–Trinajstić information content (AvgIpc) is 3.15. The minimum Gasteiger partial charge on any atom is -0.421 e. The van der Waals surface area contributed by atoms with Crippen molar-refractivity contribution in [2.75, 3.05) is 40.1 Å². The highest BCUT2D eigenvalue weighted by atomic mass is 32.3. The Balaban J connectivity index is 0.000000401. The maximum absolute atomic E-state index is 11.4. The fourth-order valence-electron chi connectivity index (χ4n) is 2.29. The number of hydrogen-bond donors (Lipinski definition) is 0. The molecule has 0 radical (unpaired) electrons. The molecule has 1 aromatic heterocycles. The monoisotopic (exact) mass is 586 g/mol. The van der Waals surface area contributed by atoms with E-state index in [0.717, 1.165) is 21.9 Å². The lowest BCUT2D eigenvalue weighted by atomic mass is 10.2. The molecule has 0 saturated heterocycles. The van der Waals surface area contributed by atoms with Crippen molar-refractivity contribution < 1.29 is 62.1 Å². The van der Waals surface area contributed by atoms with Gasteiger partial charge < -0.3 is 18.3 Å². The Morgan fingerprint density at radius 2 is 1.35 bits per heavy atom. The van der Waals surface area contributed by atoms with Crippen LogP contribution >= 0.6 is 0 Å². The predicted octanol–water partition coefficient (Wildman–Crippen LogP) is 2.11. The van der Waals surface area contributed by atoms with Gasteiger partial charge in [0.25, 0.3) is 0 Å². The average molecular weight is 587 g/mol. The van der Waals surface area contributed by atoms with E-state index in [2.05, 4.69) is 17.3 Å². The van der Waals surface area contributed by atoms with Crippen LogP contribution in [0.3, 0.4) is 0 Å². The fraction of sp³-hybridized carbons (Fsp3) is 0.556. The highest BCUT2D eigenvalue weighted by Gasteiger charge is 2.46. The number of benzene rings is 1. The van der Waals surface area contributed by atoms with Gasteiger partial charge in [0, 0.05) is 12.7 Å². The van der Waals surface area contributed by atoms with E-state index in [1.54, 1.807) is 7.11 Å². The first-order valence-corrected chi connectivity index (χ1v) is 12.9. The van der Waals surface area contributed by atoms with Gasteiger partial charge in [-0.2, -0.15) is 26.3 Å². The van der Waals surface area contributed by atoms with Gasteiger partial charge in [-0.25, -0.2) is 16.8 Å². The zero-order chi connectivity index (χ0) is 28.3. The van der Waals surface area contributed by atoms with Gasteiger partial charge in [0.15, 0.2) is 31.9 Å². The van der Waals surface area contributed by atoms with E-state index in [4.69, 9.17) is 14.2 Å². The topological polar surface area (TPSA) is 132 Å². The number of methoxy groups -OCH3 is 1. The van der Waals surface area contributed by atoms with E-state index < -0.39 is 31.1 Å². The van der Waals surface area contributed by atoms with E-state index in [9.17, 15) is 43.2 Å². The zero-order valence-electron chi connectivity index (χ0n) is 19.4. The Morgan fingerprint density at radius 3 is 1.84 bits per heavy atom. The molecule has 0 saturated carbocycles. The van der Waals surface area contributed by atoms with E-state index in [1.165, 1.54) is 0 Å². The van der Waals surface area contributed by atoms with Crippen molar-refractivity contribution in [3.8, 4) is 11.3 Å². The summed E-state index contributed by atoms with van der Waals surface area (Å²) in [6, 6.07) is 10.2. The molecule has 0 amide bonds. The first kappa shape index (κ1) is 32.7. The molecule has 0 unspecified atom stereocenters. The molecule has 37 heavy (non-hydrogen) atoms. The van der Waals surface area contributed by atoms with Crippen molar-refractivity contribution in [1.29, 1.82) is 0 Å². The quantitative estimate of drug-likeness (QED) is 0.210. The number of rotatable bonds is 12. The lowest BCUT2D eigenvalue weighted by Crippen LogP contribution is -2.38. The SMILES string of the molecule is COCCOCCOCC[n+]1cc(-c2ccccc2)n(C)n1.O=S(=O)([N-]S(=O)(=O)C(F)(F)F)C(F)(F)F. The number of alkyl halides is 6. The number of sulfonamides is 2. The van der Waals surface area contributed by atoms with Crippen LogP contribution in [0, 0.1) is 0 Å². The highest BCUT2D eigenvalue weighted by molar-refractivity contribution is 8.13. The van der Waals surface area contributed by atoms with Crippen LogP contribution < -0.4 is 4.68 Å². The molecule has 212 valence electrons. The second kappa shape index (κ2) is 14.0. The summed E-state index contributed by atoms with van der Waals surface area (Å²) in [5, 5.41) is 4.45. The third-order valence-corrected chi connectivity index (χ3v) is 6.73. The Labute approximate surface area is 209 Å². The summed E-state index contributed by atoms with van der Waals surface area (Å²) in [6.07, 6.45) is 2.04. The predicted molar refractivity (Wildman–Crippen MR) is 116 cm³/mol. The Morgan fingerprint density at radius 1 is 0.865 bits per heavy atom. The van der Waals surface area contributed by atoms with Crippen LogP contribution in [0.15, 0.2) is 36.5 Å². The normalized spacial score (nSPS) is 12.8. The summed E-state index contributed by atoms with van der Waals surface area (Å²) in [4.78, 5) is 0. The molecular weight excluding hydrogens is 562 g/mol. The zero-order valence-corrected chi connectivity index (χ0v) is 21.1. The van der Waals surface area contributed by atoms with Crippen molar-refractivity contribution >= 4 is 20.0 Å². The van der Waals surface area contributed by atoms with Crippen molar-refractivity contribution in [2.45, 2.75) is 17.6 Å². The van der Waals surface area contributed by atoms with Gasteiger partial charge in [0.05, 0.1) is 38.2 Å². The summed E-state index contributed by atoms with van der Waals surface area (Å²) in [6.45, 7) is 3.73. The third kappa shape index (κ3) is 10.9. The molecule has 2 aromatic rings. The van der Waals surface area contributed by atoms with Crippen molar-refractivity contribution in [2.24, 2.45) is 7.05 Å². The lowest BCUT2D eigenvalue weighted by molar-refractivity contribution is -0.756. The van der Waals surface area contributed by atoms with Crippen LogP contribution in [0.4, 0.5) is 26.3 Å². The standard InChI is InChI=1S/C16H24N3O3.C2F6NO4S2/c1-18-16(15-6-4-3-5-7-15)14-19(17-18)8-9-21-12-13-22-11-10-20-2;3-1(4,5)14(10,11)9-15(12,13)2(6,7)8/h3-7,14H,8-13H2,1-2H3;/q+1;-1. The Kier molecular flexibility index (Phi) is 12.4. The highest BCUT2D eigenvalue weighted by Crippen LogP contribution is 2.36. The summed E-state index contributed by atoms with van der Waals surface area (Å²) >= 11 is 0. The molecule has 0 atom stereocenters. The summed E-state index contributed by atoms with van der Waals surface area (Å²) in [5.74, 6) is 0. The maximum Gasteiger partial charge on any atom is 0.480 e. The Hall–Kier alpha value is -2.32. The molecule has 11 nitrogen and oxygen atoms in total. The second-order valence-corrected chi connectivity index (χ2v) is 10.2. The van der Waals surface area contributed by atoms with Crippen LogP contribution in [0.2, 0.25) is 0 Å².